The quantitative estimate of drug-likeness (QED) is 0.701. The van der Waals surface area contributed by atoms with Crippen molar-refractivity contribution >= 4 is 64.9 Å². The predicted molar refractivity (Wildman–Crippen MR) is 88.5 cm³/mol. The number of rotatable bonds is 3. The molecule has 0 amide bonds. The van der Waals surface area contributed by atoms with Crippen molar-refractivity contribution in [1.29, 1.82) is 0 Å². The summed E-state index contributed by atoms with van der Waals surface area (Å²) in [6.45, 7) is 0. The lowest BCUT2D eigenvalue weighted by molar-refractivity contribution is 0.601. The molecule has 8 heteroatoms. The third kappa shape index (κ3) is 3.46. The fraction of sp³-hybridized carbons (Fsp3) is 0. The van der Waals surface area contributed by atoms with E-state index in [0.717, 1.165) is 0 Å². The van der Waals surface area contributed by atoms with Crippen molar-refractivity contribution in [3.05, 3.63) is 50.4 Å². The van der Waals surface area contributed by atoms with E-state index < -0.39 is 10.0 Å². The minimum absolute atomic E-state index is 0.102. The molecule has 0 fully saturated rings. The van der Waals surface area contributed by atoms with Crippen LogP contribution in [0.15, 0.2) is 50.2 Å². The van der Waals surface area contributed by atoms with Gasteiger partial charge in [-0.25, -0.2) is 8.42 Å². The van der Waals surface area contributed by atoms with Crippen LogP contribution in [-0.4, -0.2) is 8.42 Å². The molecule has 0 saturated heterocycles. The standard InChI is InChI=1S/C12H9Br2ClN2O2S/c13-9-3-1-7(15)5-12(9)17-20(18,19)8-2-4-11(16)10(14)6-8/h1-6,17H,16H2. The van der Waals surface area contributed by atoms with Gasteiger partial charge in [-0.05, 0) is 68.3 Å². The van der Waals surface area contributed by atoms with Gasteiger partial charge in [0.25, 0.3) is 10.0 Å². The molecule has 0 unspecified atom stereocenters. The zero-order valence-electron chi connectivity index (χ0n) is 9.90. The van der Waals surface area contributed by atoms with Gasteiger partial charge in [-0.15, -0.1) is 0 Å². The minimum atomic E-state index is -3.72. The monoisotopic (exact) mass is 438 g/mol. The van der Waals surface area contributed by atoms with Gasteiger partial charge in [0.2, 0.25) is 0 Å². The van der Waals surface area contributed by atoms with Gasteiger partial charge in [0.15, 0.2) is 0 Å². The highest BCUT2D eigenvalue weighted by Gasteiger charge is 2.16. The molecule has 0 spiro atoms. The first-order valence-corrected chi connectivity index (χ1v) is 8.77. The second-order valence-electron chi connectivity index (χ2n) is 3.91. The number of anilines is 2. The average molecular weight is 441 g/mol. The van der Waals surface area contributed by atoms with Crippen molar-refractivity contribution < 1.29 is 8.42 Å². The lowest BCUT2D eigenvalue weighted by atomic mass is 10.3. The first kappa shape index (κ1) is 15.6. The molecule has 4 nitrogen and oxygen atoms in total. The van der Waals surface area contributed by atoms with Gasteiger partial charge in [0.05, 0.1) is 10.6 Å². The second kappa shape index (κ2) is 5.93. The van der Waals surface area contributed by atoms with Crippen LogP contribution < -0.4 is 10.5 Å². The Labute approximate surface area is 138 Å². The molecular formula is C12H9Br2ClN2O2S. The smallest absolute Gasteiger partial charge is 0.261 e. The minimum Gasteiger partial charge on any atom is -0.398 e. The van der Waals surface area contributed by atoms with Crippen LogP contribution in [0.2, 0.25) is 5.02 Å². The summed E-state index contributed by atoms with van der Waals surface area (Å²) in [5, 5.41) is 0.435. The summed E-state index contributed by atoms with van der Waals surface area (Å²) < 4.78 is 28.2. The molecule has 20 heavy (non-hydrogen) atoms. The molecule has 0 aliphatic carbocycles. The van der Waals surface area contributed by atoms with Crippen LogP contribution in [-0.2, 0) is 10.0 Å². The third-order valence-corrected chi connectivity index (χ3v) is 5.43. The third-order valence-electron chi connectivity index (χ3n) is 2.45. The van der Waals surface area contributed by atoms with E-state index in [4.69, 9.17) is 17.3 Å². The van der Waals surface area contributed by atoms with Crippen molar-refractivity contribution in [3.63, 3.8) is 0 Å². The van der Waals surface area contributed by atoms with Crippen LogP contribution in [0.4, 0.5) is 11.4 Å². The van der Waals surface area contributed by atoms with Crippen molar-refractivity contribution in [2.45, 2.75) is 4.90 Å². The highest BCUT2D eigenvalue weighted by atomic mass is 79.9. The summed E-state index contributed by atoms with van der Waals surface area (Å²) in [5.74, 6) is 0. The van der Waals surface area contributed by atoms with Gasteiger partial charge in [-0.3, -0.25) is 4.72 Å². The molecule has 0 aliphatic heterocycles. The average Bonchev–Trinajstić information content (AvgIpc) is 2.36. The van der Waals surface area contributed by atoms with Crippen LogP contribution in [0.3, 0.4) is 0 Å². The Balaban J connectivity index is 2.40. The van der Waals surface area contributed by atoms with Crippen LogP contribution in [0.5, 0.6) is 0 Å². The van der Waals surface area contributed by atoms with E-state index in [9.17, 15) is 8.42 Å². The van der Waals surface area contributed by atoms with Crippen LogP contribution in [0.1, 0.15) is 0 Å². The Bertz CT molecular complexity index is 766. The van der Waals surface area contributed by atoms with Crippen LogP contribution in [0, 0.1) is 0 Å². The molecule has 2 rings (SSSR count). The Morgan fingerprint density at radius 2 is 1.75 bits per heavy atom. The number of nitrogens with two attached hydrogens (primary N) is 1. The summed E-state index contributed by atoms with van der Waals surface area (Å²) in [6, 6.07) is 9.24. The van der Waals surface area contributed by atoms with Crippen molar-refractivity contribution in [2.75, 3.05) is 10.5 Å². The van der Waals surface area contributed by atoms with Crippen LogP contribution >= 0.6 is 43.5 Å². The largest absolute Gasteiger partial charge is 0.398 e. The van der Waals surface area contributed by atoms with E-state index in [-0.39, 0.29) is 4.90 Å². The van der Waals surface area contributed by atoms with Gasteiger partial charge in [0, 0.05) is 19.7 Å². The predicted octanol–water partition coefficient (Wildman–Crippen LogP) is 4.25. The first-order valence-electron chi connectivity index (χ1n) is 5.32. The molecule has 0 bridgehead atoms. The molecule has 3 N–H and O–H groups in total. The maximum atomic E-state index is 12.3. The zero-order valence-corrected chi connectivity index (χ0v) is 14.6. The summed E-state index contributed by atoms with van der Waals surface area (Å²) in [5.41, 5.74) is 6.47. The molecule has 2 aromatic carbocycles. The summed E-state index contributed by atoms with van der Waals surface area (Å²) in [4.78, 5) is 0.102. The summed E-state index contributed by atoms with van der Waals surface area (Å²) >= 11 is 12.3. The Kier molecular flexibility index (Phi) is 4.63. The van der Waals surface area contributed by atoms with Gasteiger partial charge >= 0.3 is 0 Å². The molecule has 0 radical (unpaired) electrons. The van der Waals surface area contributed by atoms with Gasteiger partial charge < -0.3 is 5.73 Å². The van der Waals surface area contributed by atoms with Gasteiger partial charge in [-0.2, -0.15) is 0 Å². The van der Waals surface area contributed by atoms with Crippen LogP contribution in [0.25, 0.3) is 0 Å². The fourth-order valence-electron chi connectivity index (χ4n) is 1.45. The molecule has 0 aromatic heterocycles. The highest BCUT2D eigenvalue weighted by Crippen LogP contribution is 2.29. The van der Waals surface area contributed by atoms with E-state index in [1.807, 2.05) is 0 Å². The number of sulfonamides is 1. The molecule has 2 aromatic rings. The first-order chi connectivity index (χ1) is 9.29. The molecule has 0 aliphatic rings. The Hall–Kier alpha value is -0.760. The molecule has 0 heterocycles. The van der Waals surface area contributed by atoms with E-state index in [2.05, 4.69) is 36.6 Å². The number of hydrogen-bond acceptors (Lipinski definition) is 3. The van der Waals surface area contributed by atoms with E-state index >= 15 is 0 Å². The maximum absolute atomic E-state index is 12.3. The lowest BCUT2D eigenvalue weighted by Gasteiger charge is -2.11. The normalized spacial score (nSPS) is 11.3. The summed E-state index contributed by atoms with van der Waals surface area (Å²) in [6.07, 6.45) is 0. The number of halogens is 3. The van der Waals surface area contributed by atoms with Gasteiger partial charge in [-0.1, -0.05) is 11.6 Å². The fourth-order valence-corrected chi connectivity index (χ4v) is 3.73. The van der Waals surface area contributed by atoms with E-state index in [1.165, 1.54) is 24.3 Å². The molecular weight excluding hydrogens is 431 g/mol. The number of nitrogen functional groups attached to an aromatic ring is 1. The number of benzene rings is 2. The van der Waals surface area contributed by atoms with Crippen molar-refractivity contribution in [1.82, 2.24) is 0 Å². The maximum Gasteiger partial charge on any atom is 0.261 e. The molecule has 0 atom stereocenters. The molecule has 0 saturated carbocycles. The topological polar surface area (TPSA) is 72.2 Å². The number of nitrogens with one attached hydrogen (secondary N) is 1. The highest BCUT2D eigenvalue weighted by molar-refractivity contribution is 9.11. The number of hydrogen-bond donors (Lipinski definition) is 2. The van der Waals surface area contributed by atoms with E-state index in [1.54, 1.807) is 12.1 Å². The Morgan fingerprint density at radius 1 is 1.05 bits per heavy atom. The van der Waals surface area contributed by atoms with E-state index in [0.29, 0.717) is 25.3 Å². The van der Waals surface area contributed by atoms with Crippen molar-refractivity contribution in [2.24, 2.45) is 0 Å². The second-order valence-corrected chi connectivity index (χ2v) is 7.74. The summed E-state index contributed by atoms with van der Waals surface area (Å²) in [7, 11) is -3.72. The Morgan fingerprint density at radius 3 is 2.40 bits per heavy atom. The van der Waals surface area contributed by atoms with Crippen molar-refractivity contribution in [3.8, 4) is 0 Å². The zero-order chi connectivity index (χ0) is 14.9. The van der Waals surface area contributed by atoms with Gasteiger partial charge in [0.1, 0.15) is 0 Å². The lowest BCUT2D eigenvalue weighted by Crippen LogP contribution is -2.13. The SMILES string of the molecule is Nc1ccc(S(=O)(=O)Nc2cc(Cl)ccc2Br)cc1Br. The molecule has 106 valence electrons.